The van der Waals surface area contributed by atoms with Crippen molar-refractivity contribution in [1.29, 1.82) is 0 Å². The van der Waals surface area contributed by atoms with Gasteiger partial charge in [-0.15, -0.1) is 0 Å². The third-order valence-electron chi connectivity index (χ3n) is 0.589. The van der Waals surface area contributed by atoms with E-state index in [9.17, 15) is 0 Å². The Hall–Kier alpha value is -0.0800. The van der Waals surface area contributed by atoms with E-state index in [1.165, 1.54) is 0 Å². The highest BCUT2D eigenvalue weighted by molar-refractivity contribution is 4.32. The molecule has 0 saturated carbocycles. The van der Waals surface area contributed by atoms with Crippen molar-refractivity contribution < 1.29 is 10.2 Å². The van der Waals surface area contributed by atoms with E-state index in [0.29, 0.717) is 19.1 Å². The van der Waals surface area contributed by atoms with Gasteiger partial charge in [-0.2, -0.15) is 0 Å². The summed E-state index contributed by atoms with van der Waals surface area (Å²) in [5.41, 5.74) is 0. The highest BCUT2D eigenvalue weighted by Crippen LogP contribution is 1.83. The first-order valence-electron chi connectivity index (χ1n) is 3.40. The monoisotopic (exact) mass is 134 g/mol. The lowest BCUT2D eigenvalue weighted by molar-refractivity contribution is 0.248. The van der Waals surface area contributed by atoms with E-state index < -0.39 is 0 Å². The Bertz CT molecular complexity index is 33.9. The number of aliphatic hydroxyl groups excluding tert-OH is 2. The maximum Gasteiger partial charge on any atom is 0.0453 e. The van der Waals surface area contributed by atoms with Gasteiger partial charge in [-0.1, -0.05) is 20.8 Å². The van der Waals surface area contributed by atoms with E-state index in [1.807, 2.05) is 20.8 Å². The minimum Gasteiger partial charge on any atom is -0.396 e. The van der Waals surface area contributed by atoms with Crippen molar-refractivity contribution in [3.8, 4) is 0 Å². The van der Waals surface area contributed by atoms with Crippen LogP contribution in [0.5, 0.6) is 0 Å². The number of hydrogen-bond acceptors (Lipinski definition) is 2. The predicted molar refractivity (Wildman–Crippen MR) is 39.3 cm³/mol. The third-order valence-corrected chi connectivity index (χ3v) is 0.589. The maximum atomic E-state index is 8.14. The molecule has 0 spiro atoms. The average molecular weight is 134 g/mol. The summed E-state index contributed by atoms with van der Waals surface area (Å²) in [6, 6.07) is 0. The zero-order valence-corrected chi connectivity index (χ0v) is 6.59. The molecule has 0 amide bonds. The zero-order chi connectivity index (χ0) is 7.70. The van der Waals surface area contributed by atoms with Gasteiger partial charge >= 0.3 is 0 Å². The molecule has 0 atom stereocenters. The average Bonchev–Trinajstić information content (AvgIpc) is 1.89. The minimum absolute atomic E-state index is 0.306. The second-order valence-corrected chi connectivity index (χ2v) is 2.30. The summed E-state index contributed by atoms with van der Waals surface area (Å²) in [6.45, 7) is 6.50. The van der Waals surface area contributed by atoms with Crippen LogP contribution in [0.2, 0.25) is 0 Å². The fourth-order valence-electron chi connectivity index (χ4n) is 0. The number of aliphatic hydroxyl groups is 2. The van der Waals surface area contributed by atoms with Gasteiger partial charge in [0.2, 0.25) is 0 Å². The SMILES string of the molecule is CC(C)CO.CCCO. The highest BCUT2D eigenvalue weighted by atomic mass is 16.3. The van der Waals surface area contributed by atoms with Crippen LogP contribution in [0.25, 0.3) is 0 Å². The standard InChI is InChI=1S/C4H10O.C3H8O/c1-4(2)3-5;1-2-3-4/h4-5H,3H2,1-2H3;4H,2-3H2,1H3. The molecule has 0 aliphatic heterocycles. The van der Waals surface area contributed by atoms with Crippen molar-refractivity contribution in [2.45, 2.75) is 27.2 Å². The molecule has 0 aromatic rings. The van der Waals surface area contributed by atoms with Gasteiger partial charge < -0.3 is 10.2 Å². The summed E-state index contributed by atoms with van der Waals surface area (Å²) >= 11 is 0. The second kappa shape index (κ2) is 10.8. The lowest BCUT2D eigenvalue weighted by Crippen LogP contribution is -1.90. The molecule has 0 fully saturated rings. The molecular weight excluding hydrogens is 116 g/mol. The van der Waals surface area contributed by atoms with Crippen LogP contribution in [-0.2, 0) is 0 Å². The molecular formula is C7H18O2. The van der Waals surface area contributed by atoms with Crippen molar-refractivity contribution in [2.24, 2.45) is 5.92 Å². The second-order valence-electron chi connectivity index (χ2n) is 2.30. The summed E-state index contributed by atoms with van der Waals surface area (Å²) in [6.07, 6.45) is 0.875. The lowest BCUT2D eigenvalue weighted by Gasteiger charge is -1.90. The fraction of sp³-hybridized carbons (Fsp3) is 1.00. The first-order chi connectivity index (χ1) is 4.18. The largest absolute Gasteiger partial charge is 0.396 e. The molecule has 2 heteroatoms. The smallest absolute Gasteiger partial charge is 0.0453 e. The molecule has 0 bridgehead atoms. The van der Waals surface area contributed by atoms with E-state index in [4.69, 9.17) is 10.2 Å². The highest BCUT2D eigenvalue weighted by Gasteiger charge is 1.81. The Kier molecular flexibility index (Phi) is 14.0. The Balaban J connectivity index is 0. The quantitative estimate of drug-likeness (QED) is 0.592. The van der Waals surface area contributed by atoms with E-state index in [0.717, 1.165) is 6.42 Å². The summed E-state index contributed by atoms with van der Waals surface area (Å²) < 4.78 is 0. The van der Waals surface area contributed by atoms with Gasteiger partial charge in [-0.25, -0.2) is 0 Å². The first-order valence-corrected chi connectivity index (χ1v) is 3.40. The molecule has 0 saturated heterocycles. The molecule has 0 heterocycles. The number of rotatable bonds is 2. The Morgan fingerprint density at radius 1 is 1.22 bits per heavy atom. The van der Waals surface area contributed by atoms with Crippen LogP contribution in [0.3, 0.4) is 0 Å². The van der Waals surface area contributed by atoms with Gasteiger partial charge in [0.05, 0.1) is 0 Å². The van der Waals surface area contributed by atoms with E-state index in [-0.39, 0.29) is 0 Å². The zero-order valence-electron chi connectivity index (χ0n) is 6.59. The molecule has 0 radical (unpaired) electrons. The van der Waals surface area contributed by atoms with Crippen LogP contribution in [0, 0.1) is 5.92 Å². The van der Waals surface area contributed by atoms with Crippen LogP contribution in [0.1, 0.15) is 27.2 Å². The van der Waals surface area contributed by atoms with Gasteiger partial charge in [-0.05, 0) is 12.3 Å². The predicted octanol–water partition coefficient (Wildman–Crippen LogP) is 1.02. The van der Waals surface area contributed by atoms with Crippen LogP contribution >= 0.6 is 0 Å². The minimum atomic E-state index is 0.306. The number of hydrogen-bond donors (Lipinski definition) is 2. The van der Waals surface area contributed by atoms with Crippen molar-refractivity contribution in [3.63, 3.8) is 0 Å². The molecule has 9 heavy (non-hydrogen) atoms. The molecule has 0 aliphatic rings. The van der Waals surface area contributed by atoms with Crippen molar-refractivity contribution in [2.75, 3.05) is 13.2 Å². The van der Waals surface area contributed by atoms with Crippen molar-refractivity contribution >= 4 is 0 Å². The topological polar surface area (TPSA) is 40.5 Å². The van der Waals surface area contributed by atoms with Gasteiger partial charge in [-0.3, -0.25) is 0 Å². The van der Waals surface area contributed by atoms with Crippen LogP contribution in [0.4, 0.5) is 0 Å². The Labute approximate surface area is 57.5 Å². The van der Waals surface area contributed by atoms with E-state index >= 15 is 0 Å². The summed E-state index contributed by atoms with van der Waals surface area (Å²) in [5.74, 6) is 0.440. The normalized spacial score (nSPS) is 8.67. The van der Waals surface area contributed by atoms with Crippen molar-refractivity contribution in [3.05, 3.63) is 0 Å². The van der Waals surface area contributed by atoms with Crippen LogP contribution < -0.4 is 0 Å². The molecule has 0 unspecified atom stereocenters. The Morgan fingerprint density at radius 3 is 1.44 bits per heavy atom. The maximum absolute atomic E-state index is 8.14. The van der Waals surface area contributed by atoms with Crippen LogP contribution in [0.15, 0.2) is 0 Å². The van der Waals surface area contributed by atoms with Gasteiger partial charge in [0.15, 0.2) is 0 Å². The third kappa shape index (κ3) is 32.6. The molecule has 0 aromatic carbocycles. The summed E-state index contributed by atoms with van der Waals surface area (Å²) in [5, 5.41) is 16.0. The van der Waals surface area contributed by atoms with Gasteiger partial charge in [0.25, 0.3) is 0 Å². The van der Waals surface area contributed by atoms with Crippen molar-refractivity contribution in [1.82, 2.24) is 0 Å². The molecule has 0 aromatic heterocycles. The summed E-state index contributed by atoms with van der Waals surface area (Å²) in [4.78, 5) is 0. The molecule has 58 valence electrons. The molecule has 2 nitrogen and oxygen atoms in total. The lowest BCUT2D eigenvalue weighted by atomic mass is 10.2. The fourth-order valence-corrected chi connectivity index (χ4v) is 0. The first kappa shape index (κ1) is 11.7. The Morgan fingerprint density at radius 2 is 1.44 bits per heavy atom. The van der Waals surface area contributed by atoms with E-state index in [2.05, 4.69) is 0 Å². The van der Waals surface area contributed by atoms with E-state index in [1.54, 1.807) is 0 Å². The molecule has 2 N–H and O–H groups in total. The van der Waals surface area contributed by atoms with Crippen LogP contribution in [-0.4, -0.2) is 23.4 Å². The van der Waals surface area contributed by atoms with Gasteiger partial charge in [0.1, 0.15) is 0 Å². The molecule has 0 rings (SSSR count). The molecule has 0 aliphatic carbocycles. The summed E-state index contributed by atoms with van der Waals surface area (Å²) in [7, 11) is 0. The van der Waals surface area contributed by atoms with Gasteiger partial charge in [0, 0.05) is 13.2 Å².